The molecule has 0 heterocycles. The number of hydrogen-bond donors (Lipinski definition) is 0. The van der Waals surface area contributed by atoms with Crippen LogP contribution in [0.4, 0.5) is 0 Å². The Kier molecular flexibility index (Phi) is 15.5. The van der Waals surface area contributed by atoms with E-state index in [0.29, 0.717) is 22.3 Å². The summed E-state index contributed by atoms with van der Waals surface area (Å²) >= 11 is 0. The molecule has 6 nitrogen and oxygen atoms in total. The third kappa shape index (κ3) is 10.6. The Morgan fingerprint density at radius 3 is 0.892 bits per heavy atom. The molecule has 0 saturated heterocycles. The first-order valence-electron chi connectivity index (χ1n) is 10.6. The van der Waals surface area contributed by atoms with E-state index in [4.69, 9.17) is 0 Å². The summed E-state index contributed by atoms with van der Waals surface area (Å²) in [6.45, 7) is 0. The van der Waals surface area contributed by atoms with Crippen LogP contribution in [-0.4, -0.2) is 22.5 Å². The molecule has 0 atom stereocenters. The molecular formula is C30H24O6Ti. The second kappa shape index (κ2) is 17.4. The molecule has 0 saturated carbocycles. The van der Waals surface area contributed by atoms with E-state index in [-0.39, 0.29) is 55.8 Å². The molecule has 0 amide bonds. The van der Waals surface area contributed by atoms with Crippen molar-refractivity contribution in [1.29, 1.82) is 0 Å². The molecule has 0 aliphatic rings. The quantitative estimate of drug-likeness (QED) is 0.159. The van der Waals surface area contributed by atoms with Gasteiger partial charge in [0.25, 0.3) is 0 Å². The predicted octanol–water partition coefficient (Wildman–Crippen LogP) is 4.19. The fourth-order valence-corrected chi connectivity index (χ4v) is 2.98. The van der Waals surface area contributed by atoms with Gasteiger partial charge in [-0.2, -0.15) is 0 Å². The van der Waals surface area contributed by atoms with Gasteiger partial charge in [-0.15, -0.1) is 0 Å². The monoisotopic (exact) mass is 528 g/mol. The molecule has 2 N–H and O–H groups in total. The zero-order chi connectivity index (χ0) is 24.2. The van der Waals surface area contributed by atoms with Gasteiger partial charge < -0.3 is 21.2 Å². The SMILES string of the molecule is O=C(C=C([O-])c1ccccc1)c1ccccc1.O=C(C=C([O-])c1ccccc1)c1ccccc1.[OH-].[OH-].[Ti+4]. The van der Waals surface area contributed by atoms with Gasteiger partial charge in [0.2, 0.25) is 0 Å². The van der Waals surface area contributed by atoms with Crippen LogP contribution >= 0.6 is 0 Å². The van der Waals surface area contributed by atoms with Crippen LogP contribution < -0.4 is 10.2 Å². The van der Waals surface area contributed by atoms with Crippen LogP contribution in [0.1, 0.15) is 31.8 Å². The molecular weight excluding hydrogens is 504 g/mol. The fraction of sp³-hybridized carbons (Fsp3) is 0. The van der Waals surface area contributed by atoms with Gasteiger partial charge in [0, 0.05) is 11.1 Å². The van der Waals surface area contributed by atoms with E-state index in [2.05, 4.69) is 0 Å². The van der Waals surface area contributed by atoms with E-state index in [1.807, 2.05) is 24.3 Å². The molecule has 0 spiro atoms. The number of carbonyl (C=O) groups is 2. The van der Waals surface area contributed by atoms with Gasteiger partial charge in [-0.25, -0.2) is 0 Å². The Bertz CT molecular complexity index is 1170. The van der Waals surface area contributed by atoms with Crippen LogP contribution in [-0.2, 0) is 21.7 Å². The van der Waals surface area contributed by atoms with Gasteiger partial charge in [-0.3, -0.25) is 9.59 Å². The maximum Gasteiger partial charge on any atom is 4.00 e. The Balaban J connectivity index is 0.000000648. The Hall–Kier alpha value is -4.07. The molecule has 0 radical (unpaired) electrons. The molecule has 7 heteroatoms. The molecule has 4 rings (SSSR count). The Labute approximate surface area is 230 Å². The molecule has 0 aromatic heterocycles. The van der Waals surface area contributed by atoms with E-state index >= 15 is 0 Å². The first-order chi connectivity index (χ1) is 16.5. The Morgan fingerprint density at radius 1 is 0.432 bits per heavy atom. The summed E-state index contributed by atoms with van der Waals surface area (Å²) < 4.78 is 0. The number of carbonyl (C=O) groups excluding carboxylic acids is 2. The number of benzene rings is 4. The van der Waals surface area contributed by atoms with Crippen molar-refractivity contribution in [2.24, 2.45) is 0 Å². The van der Waals surface area contributed by atoms with E-state index in [0.717, 1.165) is 12.2 Å². The van der Waals surface area contributed by atoms with Crippen molar-refractivity contribution in [3.8, 4) is 0 Å². The summed E-state index contributed by atoms with van der Waals surface area (Å²) in [5.41, 5.74) is 2.10. The summed E-state index contributed by atoms with van der Waals surface area (Å²) in [5, 5.41) is 23.5. The average molecular weight is 528 g/mol. The van der Waals surface area contributed by atoms with Crippen LogP contribution in [0.2, 0.25) is 0 Å². The molecule has 0 bridgehead atoms. The number of hydrogen-bond acceptors (Lipinski definition) is 6. The number of rotatable bonds is 6. The van der Waals surface area contributed by atoms with Gasteiger partial charge in [0.05, 0.1) is 0 Å². The van der Waals surface area contributed by atoms with Crippen LogP contribution in [0.25, 0.3) is 11.5 Å². The number of ketones is 2. The van der Waals surface area contributed by atoms with E-state index in [9.17, 15) is 19.8 Å². The molecule has 184 valence electrons. The summed E-state index contributed by atoms with van der Waals surface area (Å²) in [4.78, 5) is 23.5. The second-order valence-corrected chi connectivity index (χ2v) is 7.21. The largest absolute Gasteiger partial charge is 4.00 e. The number of allylic oxidation sites excluding steroid dienone is 2. The van der Waals surface area contributed by atoms with E-state index < -0.39 is 0 Å². The first kappa shape index (κ1) is 32.9. The summed E-state index contributed by atoms with van der Waals surface area (Å²) in [6, 6.07) is 35.0. The van der Waals surface area contributed by atoms with Crippen molar-refractivity contribution in [3.05, 3.63) is 156 Å². The van der Waals surface area contributed by atoms with Crippen molar-refractivity contribution in [2.75, 3.05) is 0 Å². The summed E-state index contributed by atoms with van der Waals surface area (Å²) in [5.74, 6) is -1.06. The van der Waals surface area contributed by atoms with E-state index in [1.54, 1.807) is 97.1 Å². The third-order valence-electron chi connectivity index (χ3n) is 4.76. The minimum atomic E-state index is -0.264. The van der Waals surface area contributed by atoms with Crippen LogP contribution in [0.3, 0.4) is 0 Å². The standard InChI is InChI=1S/2C15H12O2.2H2O.Ti/c2*16-14(12-7-3-1-4-8-12)11-15(17)13-9-5-2-6-10-13;;;/h2*1-11,16H;2*1H2;/q;;;;+4/p-4. The third-order valence-corrected chi connectivity index (χ3v) is 4.76. The smallest absolute Gasteiger partial charge is 0.872 e. The maximum atomic E-state index is 11.8. The molecule has 0 fully saturated rings. The van der Waals surface area contributed by atoms with Crippen LogP contribution in [0, 0.1) is 0 Å². The fourth-order valence-electron chi connectivity index (χ4n) is 2.98. The molecule has 4 aromatic rings. The van der Waals surface area contributed by atoms with Gasteiger partial charge in [-0.1, -0.05) is 133 Å². The summed E-state index contributed by atoms with van der Waals surface area (Å²) in [6.07, 6.45) is 2.26. The van der Waals surface area contributed by atoms with Gasteiger partial charge in [0.1, 0.15) is 0 Å². The minimum absolute atomic E-state index is 0. The summed E-state index contributed by atoms with van der Waals surface area (Å²) in [7, 11) is 0. The molecule has 0 aliphatic carbocycles. The first-order valence-corrected chi connectivity index (χ1v) is 10.6. The van der Waals surface area contributed by atoms with Crippen molar-refractivity contribution in [3.63, 3.8) is 0 Å². The minimum Gasteiger partial charge on any atom is -0.872 e. The molecule has 0 aliphatic heterocycles. The van der Waals surface area contributed by atoms with Gasteiger partial charge in [0.15, 0.2) is 11.6 Å². The molecule has 37 heavy (non-hydrogen) atoms. The van der Waals surface area contributed by atoms with E-state index in [1.165, 1.54) is 0 Å². The normalized spacial score (nSPS) is 10.3. The average Bonchev–Trinajstić information content (AvgIpc) is 2.91. The van der Waals surface area contributed by atoms with Gasteiger partial charge in [-0.05, 0) is 23.3 Å². The van der Waals surface area contributed by atoms with Crippen molar-refractivity contribution < 1.29 is 52.5 Å². The van der Waals surface area contributed by atoms with Crippen LogP contribution in [0.15, 0.2) is 133 Å². The zero-order valence-corrected chi connectivity index (χ0v) is 21.3. The Morgan fingerprint density at radius 2 is 0.649 bits per heavy atom. The van der Waals surface area contributed by atoms with Crippen LogP contribution in [0.5, 0.6) is 0 Å². The van der Waals surface area contributed by atoms with Gasteiger partial charge >= 0.3 is 21.7 Å². The maximum absolute atomic E-state index is 11.8. The van der Waals surface area contributed by atoms with Crippen molar-refractivity contribution >= 4 is 23.1 Å². The second-order valence-electron chi connectivity index (χ2n) is 7.21. The van der Waals surface area contributed by atoms with Crippen molar-refractivity contribution in [1.82, 2.24) is 0 Å². The zero-order valence-electron chi connectivity index (χ0n) is 19.7. The molecule has 4 aromatic carbocycles. The molecule has 0 unspecified atom stereocenters. The predicted molar refractivity (Wildman–Crippen MR) is 134 cm³/mol. The van der Waals surface area contributed by atoms with Crippen molar-refractivity contribution in [2.45, 2.75) is 0 Å². The topological polar surface area (TPSA) is 140 Å².